The van der Waals surface area contributed by atoms with Crippen LogP contribution in [-0.2, 0) is 20.0 Å². The Kier molecular flexibility index (Phi) is 3.52. The van der Waals surface area contributed by atoms with Gasteiger partial charge in [-0.3, -0.25) is 9.58 Å². The zero-order chi connectivity index (χ0) is 11.7. The first-order chi connectivity index (χ1) is 7.61. The summed E-state index contributed by atoms with van der Waals surface area (Å²) in [6.07, 6.45) is 1.96. The topological polar surface area (TPSA) is 47.1 Å². The lowest BCUT2D eigenvalue weighted by molar-refractivity contribution is 0.317. The van der Waals surface area contributed by atoms with Gasteiger partial charge in [0.05, 0.1) is 16.4 Å². The van der Waals surface area contributed by atoms with Gasteiger partial charge >= 0.3 is 0 Å². The molecule has 4 nitrogen and oxygen atoms in total. The minimum absolute atomic E-state index is 0.317. The molecule has 2 N–H and O–H groups in total. The molecular formula is C11H19ClN4. The van der Waals surface area contributed by atoms with Crippen molar-refractivity contribution in [3.8, 4) is 0 Å². The lowest BCUT2D eigenvalue weighted by Gasteiger charge is -2.15. The highest BCUT2D eigenvalue weighted by molar-refractivity contribution is 6.31. The number of nitrogens with two attached hydrogens (primary N) is 1. The molecule has 5 heteroatoms. The molecule has 1 aliphatic rings. The summed E-state index contributed by atoms with van der Waals surface area (Å²) in [5, 5.41) is 5.24. The van der Waals surface area contributed by atoms with Crippen LogP contribution in [-0.4, -0.2) is 33.8 Å². The highest BCUT2D eigenvalue weighted by Gasteiger charge is 2.22. The van der Waals surface area contributed by atoms with Crippen LogP contribution in [0.2, 0.25) is 5.02 Å². The Bertz CT molecular complexity index is 374. The molecule has 0 aliphatic carbocycles. The molecule has 1 atom stereocenters. The second kappa shape index (κ2) is 4.73. The fraction of sp³-hybridized carbons (Fsp3) is 0.727. The van der Waals surface area contributed by atoms with Crippen LogP contribution in [0.15, 0.2) is 0 Å². The molecule has 16 heavy (non-hydrogen) atoms. The molecule has 0 bridgehead atoms. The largest absolute Gasteiger partial charge is 0.326 e. The molecular weight excluding hydrogens is 224 g/mol. The van der Waals surface area contributed by atoms with Gasteiger partial charge in [0.1, 0.15) is 0 Å². The van der Waals surface area contributed by atoms with Crippen LogP contribution >= 0.6 is 11.6 Å². The van der Waals surface area contributed by atoms with Crippen molar-refractivity contribution in [1.82, 2.24) is 14.7 Å². The minimum atomic E-state index is 0.317. The van der Waals surface area contributed by atoms with Crippen molar-refractivity contribution in [2.75, 3.05) is 13.1 Å². The van der Waals surface area contributed by atoms with Gasteiger partial charge in [-0.25, -0.2) is 0 Å². The molecule has 1 aliphatic heterocycles. The van der Waals surface area contributed by atoms with Gasteiger partial charge in [-0.2, -0.15) is 5.10 Å². The quantitative estimate of drug-likeness (QED) is 0.866. The van der Waals surface area contributed by atoms with Crippen molar-refractivity contribution < 1.29 is 0 Å². The van der Waals surface area contributed by atoms with Crippen LogP contribution in [0.3, 0.4) is 0 Å². The van der Waals surface area contributed by atoms with E-state index in [1.165, 1.54) is 0 Å². The molecule has 0 radical (unpaired) electrons. The van der Waals surface area contributed by atoms with Gasteiger partial charge < -0.3 is 5.73 Å². The van der Waals surface area contributed by atoms with Crippen LogP contribution < -0.4 is 5.73 Å². The number of rotatable bonds is 3. The molecule has 2 heterocycles. The number of nitrogens with zero attached hydrogens (tertiary/aromatic N) is 3. The standard InChI is InChI=1S/C11H19ClN4/c1-3-9-11(12)10(15(2)14-9)7-16-5-4-8(13)6-16/h8H,3-7,13H2,1-2H3/t8-/m0/s1. The molecule has 0 saturated carbocycles. The van der Waals surface area contributed by atoms with E-state index < -0.39 is 0 Å². The predicted octanol–water partition coefficient (Wildman–Crippen LogP) is 1.17. The third-order valence-corrected chi connectivity index (χ3v) is 3.62. The summed E-state index contributed by atoms with van der Waals surface area (Å²) in [7, 11) is 1.95. The van der Waals surface area contributed by atoms with E-state index in [1.807, 2.05) is 11.7 Å². The maximum atomic E-state index is 6.30. The number of aromatic nitrogens is 2. The minimum Gasteiger partial charge on any atom is -0.326 e. The van der Waals surface area contributed by atoms with Crippen molar-refractivity contribution in [3.05, 3.63) is 16.4 Å². The summed E-state index contributed by atoms with van der Waals surface area (Å²) in [6.45, 7) is 4.95. The van der Waals surface area contributed by atoms with Gasteiger partial charge in [0.15, 0.2) is 0 Å². The summed E-state index contributed by atoms with van der Waals surface area (Å²) < 4.78 is 1.89. The third kappa shape index (κ3) is 2.24. The summed E-state index contributed by atoms with van der Waals surface area (Å²) in [4.78, 5) is 2.34. The summed E-state index contributed by atoms with van der Waals surface area (Å²) in [6, 6.07) is 0.317. The van der Waals surface area contributed by atoms with E-state index in [1.54, 1.807) is 0 Å². The van der Waals surface area contributed by atoms with Crippen molar-refractivity contribution >= 4 is 11.6 Å². The Morgan fingerprint density at radius 3 is 2.81 bits per heavy atom. The van der Waals surface area contributed by atoms with E-state index in [2.05, 4.69) is 16.9 Å². The first kappa shape index (κ1) is 11.9. The van der Waals surface area contributed by atoms with Gasteiger partial charge in [0, 0.05) is 32.7 Å². The Morgan fingerprint density at radius 1 is 1.56 bits per heavy atom. The second-order valence-corrected chi connectivity index (χ2v) is 4.85. The first-order valence-electron chi connectivity index (χ1n) is 5.80. The van der Waals surface area contributed by atoms with Crippen LogP contribution in [0.1, 0.15) is 24.7 Å². The van der Waals surface area contributed by atoms with Gasteiger partial charge in [0.2, 0.25) is 0 Å². The second-order valence-electron chi connectivity index (χ2n) is 4.47. The van der Waals surface area contributed by atoms with Gasteiger partial charge in [-0.05, 0) is 12.8 Å². The number of aryl methyl sites for hydroxylation is 2. The molecule has 2 rings (SSSR count). The van der Waals surface area contributed by atoms with Crippen molar-refractivity contribution in [2.45, 2.75) is 32.4 Å². The van der Waals surface area contributed by atoms with Crippen molar-refractivity contribution in [2.24, 2.45) is 12.8 Å². The fourth-order valence-corrected chi connectivity index (χ4v) is 2.56. The number of hydrogen-bond donors (Lipinski definition) is 1. The van der Waals surface area contributed by atoms with E-state index in [0.29, 0.717) is 6.04 Å². The number of halogens is 1. The molecule has 0 aromatic carbocycles. The van der Waals surface area contributed by atoms with Crippen molar-refractivity contribution in [3.63, 3.8) is 0 Å². The van der Waals surface area contributed by atoms with E-state index in [-0.39, 0.29) is 0 Å². The van der Waals surface area contributed by atoms with Crippen LogP contribution in [0.25, 0.3) is 0 Å². The lowest BCUT2D eigenvalue weighted by Crippen LogP contribution is -2.27. The highest BCUT2D eigenvalue weighted by Crippen LogP contribution is 2.23. The van der Waals surface area contributed by atoms with E-state index >= 15 is 0 Å². The molecule has 0 unspecified atom stereocenters. The Labute approximate surface area is 101 Å². The molecule has 1 aromatic heterocycles. The summed E-state index contributed by atoms with van der Waals surface area (Å²) in [5.41, 5.74) is 7.98. The van der Waals surface area contributed by atoms with Crippen LogP contribution in [0.4, 0.5) is 0 Å². The van der Waals surface area contributed by atoms with Crippen LogP contribution in [0, 0.1) is 0 Å². The molecule has 0 amide bonds. The van der Waals surface area contributed by atoms with E-state index in [4.69, 9.17) is 17.3 Å². The average molecular weight is 243 g/mol. The molecule has 90 valence electrons. The highest BCUT2D eigenvalue weighted by atomic mass is 35.5. The van der Waals surface area contributed by atoms with Gasteiger partial charge in [0.25, 0.3) is 0 Å². The maximum absolute atomic E-state index is 6.30. The number of likely N-dealkylation sites (tertiary alicyclic amines) is 1. The monoisotopic (exact) mass is 242 g/mol. The van der Waals surface area contributed by atoms with Crippen LogP contribution in [0.5, 0.6) is 0 Å². The molecule has 1 aromatic rings. The lowest BCUT2D eigenvalue weighted by atomic mass is 10.3. The van der Waals surface area contributed by atoms with Gasteiger partial charge in [-0.15, -0.1) is 0 Å². The molecule has 0 spiro atoms. The zero-order valence-electron chi connectivity index (χ0n) is 9.91. The predicted molar refractivity (Wildman–Crippen MR) is 65.5 cm³/mol. The number of hydrogen-bond acceptors (Lipinski definition) is 3. The van der Waals surface area contributed by atoms with Gasteiger partial charge in [-0.1, -0.05) is 18.5 Å². The normalized spacial score (nSPS) is 21.9. The molecule has 1 saturated heterocycles. The van der Waals surface area contributed by atoms with E-state index in [0.717, 1.165) is 48.9 Å². The van der Waals surface area contributed by atoms with Crippen molar-refractivity contribution in [1.29, 1.82) is 0 Å². The Morgan fingerprint density at radius 2 is 2.31 bits per heavy atom. The average Bonchev–Trinajstić information content (AvgIpc) is 2.77. The van der Waals surface area contributed by atoms with E-state index in [9.17, 15) is 0 Å². The summed E-state index contributed by atoms with van der Waals surface area (Å²) in [5.74, 6) is 0. The first-order valence-corrected chi connectivity index (χ1v) is 6.17. The summed E-state index contributed by atoms with van der Waals surface area (Å²) >= 11 is 6.30. The smallest absolute Gasteiger partial charge is 0.0863 e. The SMILES string of the molecule is CCc1nn(C)c(CN2CC[C@H](N)C2)c1Cl. The Hall–Kier alpha value is -0.580. The fourth-order valence-electron chi connectivity index (χ4n) is 2.21. The third-order valence-electron chi connectivity index (χ3n) is 3.19. The zero-order valence-corrected chi connectivity index (χ0v) is 10.7. The molecule has 1 fully saturated rings. The maximum Gasteiger partial charge on any atom is 0.0863 e. The Balaban J connectivity index is 2.12.